The Morgan fingerprint density at radius 2 is 1.89 bits per heavy atom. The van der Waals surface area contributed by atoms with E-state index in [1.165, 1.54) is 27.8 Å². The molecule has 3 nitrogen and oxygen atoms in total. The number of nitrogens with zero attached hydrogens (tertiary/aromatic N) is 1. The van der Waals surface area contributed by atoms with Gasteiger partial charge in [-0.1, -0.05) is 36.4 Å². The van der Waals surface area contributed by atoms with Gasteiger partial charge in [0, 0.05) is 30.3 Å². The lowest BCUT2D eigenvalue weighted by molar-refractivity contribution is 0.198. The Balaban J connectivity index is 1.31. The van der Waals surface area contributed by atoms with E-state index in [0.29, 0.717) is 12.2 Å². The first-order valence-electron chi connectivity index (χ1n) is 12.7. The zero-order valence-corrected chi connectivity index (χ0v) is 21.1. The molecule has 5 heteroatoms. The predicted molar refractivity (Wildman–Crippen MR) is 146 cm³/mol. The molecular formula is C31H30FNO2S. The number of alkyl halides is 1. The van der Waals surface area contributed by atoms with E-state index in [1.54, 1.807) is 17.8 Å². The Hall–Kier alpha value is -3.02. The molecule has 1 fully saturated rings. The summed E-state index contributed by atoms with van der Waals surface area (Å²) >= 11 is 1.78. The number of aromatic hydroxyl groups is 1. The summed E-state index contributed by atoms with van der Waals surface area (Å²) in [6.45, 7) is 2.37. The number of benzene rings is 3. The number of ether oxygens (including phenoxy) is 1. The molecule has 1 N–H and O–H groups in total. The fraction of sp³-hybridized carbons (Fsp3) is 0.290. The maximum absolute atomic E-state index is 12.5. The predicted octanol–water partition coefficient (Wildman–Crippen LogP) is 6.84. The summed E-state index contributed by atoms with van der Waals surface area (Å²) in [7, 11) is 0. The molecule has 6 rings (SSSR count). The lowest BCUT2D eigenvalue weighted by Gasteiger charge is -2.25. The van der Waals surface area contributed by atoms with Crippen LogP contribution in [0.1, 0.15) is 40.7 Å². The maximum atomic E-state index is 12.5. The fourth-order valence-corrected chi connectivity index (χ4v) is 6.63. The van der Waals surface area contributed by atoms with Crippen molar-refractivity contribution in [2.75, 3.05) is 32.1 Å². The smallest absolute Gasteiger partial charge is 0.119 e. The van der Waals surface area contributed by atoms with Crippen molar-refractivity contribution in [2.45, 2.75) is 30.3 Å². The average molecular weight is 500 g/mol. The highest BCUT2D eigenvalue weighted by Crippen LogP contribution is 2.46. The van der Waals surface area contributed by atoms with E-state index < -0.39 is 0 Å². The van der Waals surface area contributed by atoms with Crippen LogP contribution in [-0.2, 0) is 6.42 Å². The number of rotatable bonds is 7. The molecule has 3 aromatic rings. The molecule has 3 aromatic carbocycles. The van der Waals surface area contributed by atoms with Crippen LogP contribution in [0.25, 0.3) is 17.2 Å². The van der Waals surface area contributed by atoms with Gasteiger partial charge in [-0.3, -0.25) is 9.29 Å². The average Bonchev–Trinajstić information content (AvgIpc) is 3.56. The maximum Gasteiger partial charge on any atom is 0.119 e. The summed E-state index contributed by atoms with van der Waals surface area (Å²) in [5, 5.41) is 10.1. The lowest BCUT2D eigenvalue weighted by Crippen LogP contribution is -2.26. The van der Waals surface area contributed by atoms with E-state index in [1.807, 2.05) is 12.1 Å². The SMILES string of the molecule is Oc1ccc2c(c1)SCC(c1ccc3c(c1)C=CC3)=C2c1ccc(O[C@H]2CCN(CCCF)C2)cc1. The van der Waals surface area contributed by atoms with Gasteiger partial charge in [0.2, 0.25) is 0 Å². The molecule has 3 aliphatic rings. The van der Waals surface area contributed by atoms with Crippen LogP contribution in [0.2, 0.25) is 0 Å². The van der Waals surface area contributed by atoms with E-state index in [-0.39, 0.29) is 12.8 Å². The molecule has 184 valence electrons. The second kappa shape index (κ2) is 10.2. The Labute approximate surface area is 216 Å². The second-order valence-corrected chi connectivity index (χ2v) is 10.8. The van der Waals surface area contributed by atoms with Crippen LogP contribution < -0.4 is 4.74 Å². The van der Waals surface area contributed by atoms with Crippen LogP contribution in [0.4, 0.5) is 4.39 Å². The van der Waals surface area contributed by atoms with Crippen molar-refractivity contribution in [3.8, 4) is 11.5 Å². The van der Waals surface area contributed by atoms with Crippen molar-refractivity contribution in [1.29, 1.82) is 0 Å². The van der Waals surface area contributed by atoms with Crippen LogP contribution in [0.15, 0.2) is 71.6 Å². The number of halogens is 1. The number of thioether (sulfide) groups is 1. The zero-order chi connectivity index (χ0) is 24.5. The van der Waals surface area contributed by atoms with Crippen molar-refractivity contribution < 1.29 is 14.2 Å². The molecule has 0 saturated carbocycles. The third-order valence-corrected chi connectivity index (χ3v) is 8.40. The van der Waals surface area contributed by atoms with Gasteiger partial charge >= 0.3 is 0 Å². The van der Waals surface area contributed by atoms with Gasteiger partial charge in [-0.15, -0.1) is 11.8 Å². The molecule has 0 aromatic heterocycles. The minimum absolute atomic E-state index is 0.152. The molecule has 0 amide bonds. The van der Waals surface area contributed by atoms with E-state index in [9.17, 15) is 9.50 Å². The van der Waals surface area contributed by atoms with Crippen LogP contribution in [-0.4, -0.2) is 48.2 Å². The zero-order valence-electron chi connectivity index (χ0n) is 20.3. The van der Waals surface area contributed by atoms with Crippen LogP contribution in [0.5, 0.6) is 11.5 Å². The minimum atomic E-state index is -0.259. The van der Waals surface area contributed by atoms with Gasteiger partial charge in [-0.2, -0.15) is 0 Å². The second-order valence-electron chi connectivity index (χ2n) is 9.74. The van der Waals surface area contributed by atoms with Gasteiger partial charge in [0.1, 0.15) is 17.6 Å². The lowest BCUT2D eigenvalue weighted by atomic mass is 9.89. The van der Waals surface area contributed by atoms with Gasteiger partial charge in [0.15, 0.2) is 0 Å². The highest BCUT2D eigenvalue weighted by molar-refractivity contribution is 7.99. The van der Waals surface area contributed by atoms with Gasteiger partial charge in [-0.05, 0) is 94.6 Å². The Bertz CT molecular complexity index is 1330. The van der Waals surface area contributed by atoms with E-state index in [2.05, 4.69) is 59.5 Å². The Morgan fingerprint density at radius 1 is 1.03 bits per heavy atom. The summed E-state index contributed by atoms with van der Waals surface area (Å²) in [6, 6.07) is 20.9. The van der Waals surface area contributed by atoms with Crippen molar-refractivity contribution in [3.63, 3.8) is 0 Å². The number of fused-ring (bicyclic) bond motifs is 2. The van der Waals surface area contributed by atoms with Crippen molar-refractivity contribution in [2.24, 2.45) is 0 Å². The summed E-state index contributed by atoms with van der Waals surface area (Å²) in [4.78, 5) is 3.39. The molecule has 0 spiro atoms. The van der Waals surface area contributed by atoms with Gasteiger partial charge in [0.25, 0.3) is 0 Å². The highest BCUT2D eigenvalue weighted by atomic mass is 32.2. The fourth-order valence-electron chi connectivity index (χ4n) is 5.49. The first-order valence-corrected chi connectivity index (χ1v) is 13.7. The van der Waals surface area contributed by atoms with Gasteiger partial charge < -0.3 is 9.84 Å². The molecule has 1 aliphatic carbocycles. The first kappa shape index (κ1) is 23.4. The molecule has 0 unspecified atom stereocenters. The number of hydrogen-bond acceptors (Lipinski definition) is 4. The number of phenols is 1. The van der Waals surface area contributed by atoms with Crippen molar-refractivity contribution >= 4 is 29.0 Å². The number of likely N-dealkylation sites (tertiary alicyclic amines) is 1. The van der Waals surface area contributed by atoms with Crippen LogP contribution in [0.3, 0.4) is 0 Å². The third-order valence-electron chi connectivity index (χ3n) is 7.32. The summed E-state index contributed by atoms with van der Waals surface area (Å²) < 4.78 is 18.8. The highest BCUT2D eigenvalue weighted by Gasteiger charge is 2.25. The quantitative estimate of drug-likeness (QED) is 0.386. The molecule has 1 atom stereocenters. The third kappa shape index (κ3) is 4.70. The van der Waals surface area contributed by atoms with Crippen LogP contribution in [0, 0.1) is 0 Å². The van der Waals surface area contributed by atoms with E-state index in [0.717, 1.165) is 60.0 Å². The van der Waals surface area contributed by atoms with Crippen molar-refractivity contribution in [3.05, 3.63) is 94.6 Å². The standard InChI is InChI=1S/C31H30FNO2S/c32-14-2-15-33-16-13-27(19-33)35-26-10-7-22(8-11-26)31-28-12-9-25(34)18-30(28)36-20-29(31)24-6-5-21-3-1-4-23(21)17-24/h1,4-12,17-18,27,34H,2-3,13-16,19-20H2/t27-/m0/s1. The molecule has 1 saturated heterocycles. The molecular weight excluding hydrogens is 469 g/mol. The monoisotopic (exact) mass is 499 g/mol. The van der Waals surface area contributed by atoms with Crippen LogP contribution >= 0.6 is 11.8 Å². The van der Waals surface area contributed by atoms with Gasteiger partial charge in [-0.25, -0.2) is 0 Å². The Morgan fingerprint density at radius 3 is 2.75 bits per heavy atom. The normalized spacial score (nSPS) is 19.0. The largest absolute Gasteiger partial charge is 0.508 e. The molecule has 2 heterocycles. The molecule has 0 bridgehead atoms. The number of allylic oxidation sites excluding steroid dienone is 1. The minimum Gasteiger partial charge on any atom is -0.508 e. The summed E-state index contributed by atoms with van der Waals surface area (Å²) in [5.74, 6) is 2.02. The molecule has 36 heavy (non-hydrogen) atoms. The van der Waals surface area contributed by atoms with Gasteiger partial charge in [0.05, 0.1) is 6.67 Å². The topological polar surface area (TPSA) is 32.7 Å². The number of phenolic OH excluding ortho intramolecular Hbond substituents is 1. The number of hydrogen-bond donors (Lipinski definition) is 1. The van der Waals surface area contributed by atoms with E-state index in [4.69, 9.17) is 4.74 Å². The first-order chi connectivity index (χ1) is 17.7. The molecule has 0 radical (unpaired) electrons. The molecule has 2 aliphatic heterocycles. The Kier molecular flexibility index (Phi) is 6.60. The van der Waals surface area contributed by atoms with E-state index >= 15 is 0 Å². The van der Waals surface area contributed by atoms with Crippen molar-refractivity contribution in [1.82, 2.24) is 4.90 Å². The summed E-state index contributed by atoms with van der Waals surface area (Å²) in [6.07, 6.45) is 7.17. The summed E-state index contributed by atoms with van der Waals surface area (Å²) in [5.41, 5.74) is 8.78.